The molecule has 1 aromatic carbocycles. The lowest BCUT2D eigenvalue weighted by atomic mass is 10.1. The standard InChI is InChI=1S/C11H10N2O/c12-9-6-14-11-5-10-7(4-8(9)11)2-1-3-13-10/h1-5,9H,6,12H2. The number of aromatic nitrogens is 1. The molecule has 0 saturated heterocycles. The average molecular weight is 186 g/mol. The Hall–Kier alpha value is -1.61. The van der Waals surface area contributed by atoms with Crippen LogP contribution in [0.5, 0.6) is 5.75 Å². The molecule has 2 heterocycles. The van der Waals surface area contributed by atoms with E-state index in [1.54, 1.807) is 6.20 Å². The summed E-state index contributed by atoms with van der Waals surface area (Å²) >= 11 is 0. The molecule has 2 aromatic rings. The second-order valence-electron chi connectivity index (χ2n) is 3.50. The van der Waals surface area contributed by atoms with Crippen molar-refractivity contribution in [2.45, 2.75) is 6.04 Å². The van der Waals surface area contributed by atoms with E-state index in [-0.39, 0.29) is 6.04 Å². The minimum Gasteiger partial charge on any atom is -0.491 e. The average Bonchev–Trinajstić information content (AvgIpc) is 2.57. The second kappa shape index (κ2) is 2.69. The van der Waals surface area contributed by atoms with Crippen LogP contribution >= 0.6 is 0 Å². The van der Waals surface area contributed by atoms with Gasteiger partial charge in [0.05, 0.1) is 11.6 Å². The Balaban J connectivity index is 2.33. The first-order chi connectivity index (χ1) is 6.84. The largest absolute Gasteiger partial charge is 0.491 e. The Bertz CT molecular complexity index is 496. The Morgan fingerprint density at radius 1 is 1.43 bits per heavy atom. The third-order valence-corrected chi connectivity index (χ3v) is 2.55. The summed E-state index contributed by atoms with van der Waals surface area (Å²) in [6.07, 6.45) is 1.78. The van der Waals surface area contributed by atoms with Crippen molar-refractivity contribution in [2.24, 2.45) is 5.73 Å². The van der Waals surface area contributed by atoms with Gasteiger partial charge in [0, 0.05) is 23.2 Å². The van der Waals surface area contributed by atoms with Gasteiger partial charge in [-0.05, 0) is 12.1 Å². The minimum absolute atomic E-state index is 0.00889. The minimum atomic E-state index is 0.00889. The van der Waals surface area contributed by atoms with E-state index in [0.717, 1.165) is 22.2 Å². The van der Waals surface area contributed by atoms with Crippen LogP contribution in [-0.2, 0) is 0 Å². The van der Waals surface area contributed by atoms with Crippen LogP contribution in [0.1, 0.15) is 11.6 Å². The van der Waals surface area contributed by atoms with Gasteiger partial charge in [-0.1, -0.05) is 6.07 Å². The van der Waals surface area contributed by atoms with Crippen molar-refractivity contribution in [2.75, 3.05) is 6.61 Å². The Kier molecular flexibility index (Phi) is 1.49. The first-order valence-corrected chi connectivity index (χ1v) is 4.61. The molecule has 0 bridgehead atoms. The van der Waals surface area contributed by atoms with Gasteiger partial charge in [-0.3, -0.25) is 4.98 Å². The molecule has 0 aliphatic carbocycles. The van der Waals surface area contributed by atoms with Crippen molar-refractivity contribution in [3.63, 3.8) is 0 Å². The van der Waals surface area contributed by atoms with Gasteiger partial charge < -0.3 is 10.5 Å². The summed E-state index contributed by atoms with van der Waals surface area (Å²) < 4.78 is 5.45. The number of hydrogen-bond donors (Lipinski definition) is 1. The van der Waals surface area contributed by atoms with Gasteiger partial charge in [-0.25, -0.2) is 0 Å². The molecule has 0 radical (unpaired) electrons. The summed E-state index contributed by atoms with van der Waals surface area (Å²) in [5.74, 6) is 0.878. The number of ether oxygens (including phenoxy) is 1. The molecule has 0 fully saturated rings. The van der Waals surface area contributed by atoms with Crippen LogP contribution in [-0.4, -0.2) is 11.6 Å². The number of rotatable bonds is 0. The molecule has 1 aliphatic heterocycles. The monoisotopic (exact) mass is 186 g/mol. The number of pyridine rings is 1. The van der Waals surface area contributed by atoms with Gasteiger partial charge >= 0.3 is 0 Å². The van der Waals surface area contributed by atoms with Crippen molar-refractivity contribution in [3.8, 4) is 5.75 Å². The van der Waals surface area contributed by atoms with E-state index < -0.39 is 0 Å². The van der Waals surface area contributed by atoms with E-state index in [1.165, 1.54) is 0 Å². The lowest BCUT2D eigenvalue weighted by molar-refractivity contribution is 0.333. The third kappa shape index (κ3) is 0.992. The van der Waals surface area contributed by atoms with Crippen molar-refractivity contribution in [3.05, 3.63) is 36.0 Å². The third-order valence-electron chi connectivity index (χ3n) is 2.55. The summed E-state index contributed by atoms with van der Waals surface area (Å²) in [7, 11) is 0. The lowest BCUT2D eigenvalue weighted by Gasteiger charge is -2.02. The molecule has 3 heteroatoms. The van der Waals surface area contributed by atoms with E-state index in [9.17, 15) is 0 Å². The molecule has 1 atom stereocenters. The van der Waals surface area contributed by atoms with E-state index in [4.69, 9.17) is 10.5 Å². The molecule has 1 aliphatic rings. The number of hydrogen-bond acceptors (Lipinski definition) is 3. The first-order valence-electron chi connectivity index (χ1n) is 4.61. The van der Waals surface area contributed by atoms with Gasteiger partial charge in [0.15, 0.2) is 0 Å². The molecule has 0 saturated carbocycles. The van der Waals surface area contributed by atoms with Crippen molar-refractivity contribution in [1.82, 2.24) is 4.98 Å². The number of nitrogens with two attached hydrogens (primary N) is 1. The smallest absolute Gasteiger partial charge is 0.126 e. The van der Waals surface area contributed by atoms with Crippen LogP contribution < -0.4 is 10.5 Å². The van der Waals surface area contributed by atoms with Gasteiger partial charge in [0.1, 0.15) is 12.4 Å². The highest BCUT2D eigenvalue weighted by Gasteiger charge is 2.20. The van der Waals surface area contributed by atoms with Gasteiger partial charge in [0.25, 0.3) is 0 Å². The van der Waals surface area contributed by atoms with Crippen molar-refractivity contribution >= 4 is 10.9 Å². The predicted octanol–water partition coefficient (Wildman–Crippen LogP) is 1.63. The van der Waals surface area contributed by atoms with Gasteiger partial charge in [0.2, 0.25) is 0 Å². The number of nitrogens with zero attached hydrogens (tertiary/aromatic N) is 1. The SMILES string of the molecule is NC1COc2cc3ncccc3cc21. The molecule has 3 rings (SSSR count). The van der Waals surface area contributed by atoms with E-state index in [2.05, 4.69) is 11.1 Å². The summed E-state index contributed by atoms with van der Waals surface area (Å²) in [6.45, 7) is 0.575. The lowest BCUT2D eigenvalue weighted by Crippen LogP contribution is -2.10. The topological polar surface area (TPSA) is 48.1 Å². The Morgan fingerprint density at radius 3 is 3.29 bits per heavy atom. The molecule has 3 nitrogen and oxygen atoms in total. The van der Waals surface area contributed by atoms with Gasteiger partial charge in [-0.2, -0.15) is 0 Å². The summed E-state index contributed by atoms with van der Waals surface area (Å²) in [4.78, 5) is 4.26. The highest BCUT2D eigenvalue weighted by atomic mass is 16.5. The fraction of sp³-hybridized carbons (Fsp3) is 0.182. The predicted molar refractivity (Wildman–Crippen MR) is 54.2 cm³/mol. The van der Waals surface area contributed by atoms with Crippen LogP contribution in [0.15, 0.2) is 30.5 Å². The van der Waals surface area contributed by atoms with Crippen LogP contribution in [0.25, 0.3) is 10.9 Å². The molecule has 0 spiro atoms. The Morgan fingerprint density at radius 2 is 2.36 bits per heavy atom. The maximum Gasteiger partial charge on any atom is 0.126 e. The van der Waals surface area contributed by atoms with Crippen molar-refractivity contribution in [1.29, 1.82) is 0 Å². The van der Waals surface area contributed by atoms with Crippen LogP contribution in [0, 0.1) is 0 Å². The Labute approximate surface area is 81.5 Å². The van der Waals surface area contributed by atoms with E-state index in [0.29, 0.717) is 6.61 Å². The van der Waals surface area contributed by atoms with E-state index >= 15 is 0 Å². The quantitative estimate of drug-likeness (QED) is 0.680. The summed E-state index contributed by atoms with van der Waals surface area (Å²) in [5.41, 5.74) is 7.94. The van der Waals surface area contributed by atoms with Crippen LogP contribution in [0.2, 0.25) is 0 Å². The molecule has 1 aromatic heterocycles. The van der Waals surface area contributed by atoms with Crippen LogP contribution in [0.4, 0.5) is 0 Å². The maximum absolute atomic E-state index is 5.89. The summed E-state index contributed by atoms with van der Waals surface area (Å²) in [6, 6.07) is 7.99. The second-order valence-corrected chi connectivity index (χ2v) is 3.50. The fourth-order valence-corrected chi connectivity index (χ4v) is 1.80. The van der Waals surface area contributed by atoms with Crippen molar-refractivity contribution < 1.29 is 4.74 Å². The number of fused-ring (bicyclic) bond motifs is 2. The molecule has 2 N–H and O–H groups in total. The highest BCUT2D eigenvalue weighted by Crippen LogP contribution is 2.33. The fourth-order valence-electron chi connectivity index (χ4n) is 1.80. The molecule has 14 heavy (non-hydrogen) atoms. The number of benzene rings is 1. The summed E-state index contributed by atoms with van der Waals surface area (Å²) in [5, 5.41) is 1.12. The van der Waals surface area contributed by atoms with Crippen LogP contribution in [0.3, 0.4) is 0 Å². The maximum atomic E-state index is 5.89. The molecular formula is C11H10N2O. The van der Waals surface area contributed by atoms with Gasteiger partial charge in [-0.15, -0.1) is 0 Å². The molecular weight excluding hydrogens is 176 g/mol. The first kappa shape index (κ1) is 7.76. The normalized spacial score (nSPS) is 19.4. The van der Waals surface area contributed by atoms with E-state index in [1.807, 2.05) is 18.2 Å². The zero-order chi connectivity index (χ0) is 9.54. The molecule has 70 valence electrons. The zero-order valence-electron chi connectivity index (χ0n) is 7.60. The molecule has 0 amide bonds. The highest BCUT2D eigenvalue weighted by molar-refractivity contribution is 5.81. The zero-order valence-corrected chi connectivity index (χ0v) is 7.60. The molecule has 1 unspecified atom stereocenters.